The molecule has 0 aliphatic heterocycles. The van der Waals surface area contributed by atoms with E-state index in [-0.39, 0.29) is 5.78 Å². The van der Waals surface area contributed by atoms with E-state index in [0.29, 0.717) is 6.42 Å². The Morgan fingerprint density at radius 3 is 2.62 bits per heavy atom. The van der Waals surface area contributed by atoms with E-state index in [1.807, 2.05) is 6.08 Å². The number of hydrogen-bond acceptors (Lipinski definition) is 1. The summed E-state index contributed by atoms with van der Waals surface area (Å²) in [6.07, 6.45) is 12.2. The molecular formula is C12H20O. The topological polar surface area (TPSA) is 17.1 Å². The van der Waals surface area contributed by atoms with Crippen molar-refractivity contribution >= 4 is 5.78 Å². The zero-order chi connectivity index (χ0) is 9.94. The van der Waals surface area contributed by atoms with E-state index in [4.69, 9.17) is 0 Å². The molecule has 0 radical (unpaired) electrons. The Morgan fingerprint density at radius 1 is 1.23 bits per heavy atom. The zero-order valence-corrected chi connectivity index (χ0v) is 8.59. The van der Waals surface area contributed by atoms with Crippen molar-refractivity contribution in [2.45, 2.75) is 45.4 Å². The quantitative estimate of drug-likeness (QED) is 0.316. The fourth-order valence-electron chi connectivity index (χ4n) is 1.09. The summed E-state index contributed by atoms with van der Waals surface area (Å²) < 4.78 is 0. The highest BCUT2D eigenvalue weighted by atomic mass is 16.1. The molecule has 0 N–H and O–H groups in total. The van der Waals surface area contributed by atoms with Gasteiger partial charge in [0, 0.05) is 6.42 Å². The second-order valence-corrected chi connectivity index (χ2v) is 3.20. The van der Waals surface area contributed by atoms with Gasteiger partial charge in [-0.1, -0.05) is 44.9 Å². The molecule has 0 atom stereocenters. The lowest BCUT2D eigenvalue weighted by Gasteiger charge is -1.93. The summed E-state index contributed by atoms with van der Waals surface area (Å²) in [5, 5.41) is 0. The number of allylic oxidation sites excluding steroid dienone is 3. The zero-order valence-electron chi connectivity index (χ0n) is 8.59. The summed E-state index contributed by atoms with van der Waals surface area (Å²) in [6, 6.07) is 0. The summed E-state index contributed by atoms with van der Waals surface area (Å²) in [7, 11) is 0. The average Bonchev–Trinajstić information content (AvgIpc) is 2.16. The van der Waals surface area contributed by atoms with Gasteiger partial charge in [0.2, 0.25) is 0 Å². The van der Waals surface area contributed by atoms with Gasteiger partial charge in [0.15, 0.2) is 5.78 Å². The molecule has 0 aliphatic carbocycles. The molecule has 13 heavy (non-hydrogen) atoms. The van der Waals surface area contributed by atoms with Crippen LogP contribution in [0.25, 0.3) is 0 Å². The highest BCUT2D eigenvalue weighted by molar-refractivity contribution is 5.90. The van der Waals surface area contributed by atoms with Gasteiger partial charge < -0.3 is 0 Å². The predicted molar refractivity (Wildman–Crippen MR) is 57.7 cm³/mol. The molecule has 0 spiro atoms. The summed E-state index contributed by atoms with van der Waals surface area (Å²) in [4.78, 5) is 10.8. The van der Waals surface area contributed by atoms with Gasteiger partial charge in [-0.25, -0.2) is 0 Å². The minimum atomic E-state index is 0.102. The van der Waals surface area contributed by atoms with E-state index in [1.54, 1.807) is 0 Å². The van der Waals surface area contributed by atoms with Crippen molar-refractivity contribution in [2.75, 3.05) is 0 Å². The van der Waals surface area contributed by atoms with E-state index in [2.05, 4.69) is 19.6 Å². The lowest BCUT2D eigenvalue weighted by Crippen LogP contribution is -1.86. The second-order valence-electron chi connectivity index (χ2n) is 3.20. The Kier molecular flexibility index (Phi) is 8.64. The molecule has 0 aromatic carbocycles. The third-order valence-corrected chi connectivity index (χ3v) is 1.94. The Morgan fingerprint density at radius 2 is 2.00 bits per heavy atom. The fraction of sp³-hybridized carbons (Fsp3) is 0.583. The Bertz CT molecular complexity index is 168. The van der Waals surface area contributed by atoms with Gasteiger partial charge in [-0.05, 0) is 18.9 Å². The Balaban J connectivity index is 3.21. The second kappa shape index (κ2) is 9.24. The number of carbonyl (C=O) groups excluding carboxylic acids is 1. The van der Waals surface area contributed by atoms with Crippen LogP contribution in [0.2, 0.25) is 0 Å². The first-order chi connectivity index (χ1) is 6.31. The van der Waals surface area contributed by atoms with Crippen LogP contribution in [-0.2, 0) is 4.79 Å². The third-order valence-electron chi connectivity index (χ3n) is 1.94. The first kappa shape index (κ1) is 12.2. The summed E-state index contributed by atoms with van der Waals surface area (Å²) >= 11 is 0. The normalized spacial score (nSPS) is 10.5. The summed E-state index contributed by atoms with van der Waals surface area (Å²) in [5.41, 5.74) is 0. The molecule has 1 nitrogen and oxygen atoms in total. The van der Waals surface area contributed by atoms with Crippen molar-refractivity contribution in [2.24, 2.45) is 0 Å². The van der Waals surface area contributed by atoms with Crippen LogP contribution < -0.4 is 0 Å². The number of hydrogen-bond donors (Lipinski definition) is 0. The van der Waals surface area contributed by atoms with E-state index < -0.39 is 0 Å². The van der Waals surface area contributed by atoms with Crippen molar-refractivity contribution in [3.63, 3.8) is 0 Å². The van der Waals surface area contributed by atoms with Crippen LogP contribution in [0, 0.1) is 0 Å². The van der Waals surface area contributed by atoms with Gasteiger partial charge in [-0.15, -0.1) is 0 Å². The van der Waals surface area contributed by atoms with Gasteiger partial charge in [0.25, 0.3) is 0 Å². The maximum Gasteiger partial charge on any atom is 0.158 e. The predicted octanol–water partition coefficient (Wildman–Crippen LogP) is 3.66. The van der Waals surface area contributed by atoms with Crippen molar-refractivity contribution in [1.82, 2.24) is 0 Å². The van der Waals surface area contributed by atoms with Crippen LogP contribution in [0.15, 0.2) is 24.8 Å². The molecule has 0 bridgehead atoms. The largest absolute Gasteiger partial charge is 0.295 e. The standard InChI is InChI=1S/C12H20O/c1-3-5-6-7-8-9-10-11-12(13)4-2/h4,9-10H,2-3,5-8,11H2,1H3. The first-order valence-corrected chi connectivity index (χ1v) is 5.11. The molecule has 0 fully saturated rings. The summed E-state index contributed by atoms with van der Waals surface area (Å²) in [6.45, 7) is 5.62. The van der Waals surface area contributed by atoms with Gasteiger partial charge in [0.05, 0.1) is 0 Å². The van der Waals surface area contributed by atoms with E-state index in [9.17, 15) is 4.79 Å². The minimum absolute atomic E-state index is 0.102. The van der Waals surface area contributed by atoms with Crippen molar-refractivity contribution in [3.8, 4) is 0 Å². The lowest BCUT2D eigenvalue weighted by molar-refractivity contribution is -0.113. The Labute approximate surface area is 81.5 Å². The first-order valence-electron chi connectivity index (χ1n) is 5.11. The van der Waals surface area contributed by atoms with E-state index >= 15 is 0 Å². The van der Waals surface area contributed by atoms with Crippen LogP contribution in [0.1, 0.15) is 45.4 Å². The number of unbranched alkanes of at least 4 members (excludes halogenated alkanes) is 4. The lowest BCUT2D eigenvalue weighted by atomic mass is 10.1. The van der Waals surface area contributed by atoms with Crippen molar-refractivity contribution < 1.29 is 4.79 Å². The number of rotatable bonds is 8. The molecular weight excluding hydrogens is 160 g/mol. The third kappa shape index (κ3) is 9.06. The highest BCUT2D eigenvalue weighted by Gasteiger charge is 1.88. The van der Waals surface area contributed by atoms with Crippen LogP contribution >= 0.6 is 0 Å². The maximum absolute atomic E-state index is 10.8. The number of carbonyl (C=O) groups is 1. The smallest absolute Gasteiger partial charge is 0.158 e. The molecule has 0 unspecified atom stereocenters. The maximum atomic E-state index is 10.8. The van der Waals surface area contributed by atoms with Gasteiger partial charge >= 0.3 is 0 Å². The van der Waals surface area contributed by atoms with Crippen LogP contribution in [0.5, 0.6) is 0 Å². The molecule has 0 aliphatic rings. The molecule has 74 valence electrons. The molecule has 0 aromatic rings. The monoisotopic (exact) mass is 180 g/mol. The minimum Gasteiger partial charge on any atom is -0.295 e. The molecule has 0 heterocycles. The molecule has 0 rings (SSSR count). The molecule has 1 heteroatoms. The van der Waals surface area contributed by atoms with Crippen molar-refractivity contribution in [1.29, 1.82) is 0 Å². The molecule has 0 saturated carbocycles. The molecule has 0 aromatic heterocycles. The van der Waals surface area contributed by atoms with E-state index in [1.165, 1.54) is 31.8 Å². The van der Waals surface area contributed by atoms with E-state index in [0.717, 1.165) is 6.42 Å². The van der Waals surface area contributed by atoms with Gasteiger partial charge in [0.1, 0.15) is 0 Å². The molecule has 0 saturated heterocycles. The summed E-state index contributed by atoms with van der Waals surface area (Å²) in [5.74, 6) is 0.102. The van der Waals surface area contributed by atoms with Gasteiger partial charge in [-0.2, -0.15) is 0 Å². The molecule has 0 amide bonds. The van der Waals surface area contributed by atoms with Crippen LogP contribution in [0.3, 0.4) is 0 Å². The fourth-order valence-corrected chi connectivity index (χ4v) is 1.09. The van der Waals surface area contributed by atoms with Crippen molar-refractivity contribution in [3.05, 3.63) is 24.8 Å². The SMILES string of the molecule is C=CC(=O)CC=CCCCCCC. The average molecular weight is 180 g/mol. The highest BCUT2D eigenvalue weighted by Crippen LogP contribution is 2.03. The number of ketones is 1. The van der Waals surface area contributed by atoms with Gasteiger partial charge in [-0.3, -0.25) is 4.79 Å². The van der Waals surface area contributed by atoms with Crippen LogP contribution in [-0.4, -0.2) is 5.78 Å². The van der Waals surface area contributed by atoms with Crippen LogP contribution in [0.4, 0.5) is 0 Å². The Hall–Kier alpha value is -0.850.